The summed E-state index contributed by atoms with van der Waals surface area (Å²) in [6.07, 6.45) is 2.81. The number of anilines is 1. The predicted octanol–water partition coefficient (Wildman–Crippen LogP) is 3.36. The van der Waals surface area contributed by atoms with Gasteiger partial charge in [0.2, 0.25) is 5.91 Å². The highest BCUT2D eigenvalue weighted by Gasteiger charge is 2.07. The summed E-state index contributed by atoms with van der Waals surface area (Å²) >= 11 is 0. The molecule has 0 aliphatic heterocycles. The molecule has 21 heavy (non-hydrogen) atoms. The van der Waals surface area contributed by atoms with Gasteiger partial charge in [0.05, 0.1) is 6.10 Å². The third kappa shape index (κ3) is 4.68. The van der Waals surface area contributed by atoms with Crippen LogP contribution in [0.2, 0.25) is 0 Å². The average Bonchev–Trinajstić information content (AvgIpc) is 2.53. The second-order valence-corrected chi connectivity index (χ2v) is 4.87. The molecule has 1 aromatic carbocycles. The molecule has 0 aliphatic rings. The Labute approximate surface area is 125 Å². The number of nitrogens with one attached hydrogen (secondary N) is 1. The van der Waals surface area contributed by atoms with E-state index < -0.39 is 0 Å². The molecule has 0 saturated carbocycles. The van der Waals surface area contributed by atoms with Crippen LogP contribution in [-0.4, -0.2) is 18.0 Å². The zero-order valence-electron chi connectivity index (χ0n) is 12.4. The predicted molar refractivity (Wildman–Crippen MR) is 83.1 cm³/mol. The Kier molecular flexibility index (Phi) is 5.46. The molecule has 110 valence electrons. The molecule has 0 saturated heterocycles. The van der Waals surface area contributed by atoms with Crippen molar-refractivity contribution in [2.75, 3.05) is 12.4 Å². The Morgan fingerprint density at radius 3 is 2.86 bits per heavy atom. The summed E-state index contributed by atoms with van der Waals surface area (Å²) in [7, 11) is 1.67. The molecular formula is C17H20N2O2. The van der Waals surface area contributed by atoms with Crippen LogP contribution in [0.4, 0.5) is 5.69 Å². The number of rotatable bonds is 6. The summed E-state index contributed by atoms with van der Waals surface area (Å²) < 4.78 is 5.28. The number of hydrogen-bond acceptors (Lipinski definition) is 3. The number of nitrogens with zero attached hydrogens (tertiary/aromatic N) is 1. The number of ether oxygens (including phenoxy) is 1. The van der Waals surface area contributed by atoms with Crippen molar-refractivity contribution in [1.82, 2.24) is 4.98 Å². The van der Waals surface area contributed by atoms with E-state index >= 15 is 0 Å². The Hall–Kier alpha value is -2.20. The van der Waals surface area contributed by atoms with Gasteiger partial charge in [-0.25, -0.2) is 0 Å². The van der Waals surface area contributed by atoms with E-state index in [9.17, 15) is 4.79 Å². The molecule has 1 N–H and O–H groups in total. The number of methoxy groups -OCH3 is 1. The fourth-order valence-corrected chi connectivity index (χ4v) is 2.02. The van der Waals surface area contributed by atoms with E-state index in [-0.39, 0.29) is 12.0 Å². The first-order valence-corrected chi connectivity index (χ1v) is 7.01. The molecule has 0 aliphatic carbocycles. The van der Waals surface area contributed by atoms with Gasteiger partial charge in [-0.2, -0.15) is 0 Å². The van der Waals surface area contributed by atoms with Crippen LogP contribution in [0.1, 0.15) is 30.7 Å². The fraction of sp³-hybridized carbons (Fsp3) is 0.294. The summed E-state index contributed by atoms with van der Waals surface area (Å²) in [6.45, 7) is 1.97. The molecule has 1 amide bonds. The van der Waals surface area contributed by atoms with Gasteiger partial charge in [0.15, 0.2) is 0 Å². The van der Waals surface area contributed by atoms with Crippen molar-refractivity contribution in [3.63, 3.8) is 0 Å². The van der Waals surface area contributed by atoms with Crippen LogP contribution in [0.15, 0.2) is 48.7 Å². The summed E-state index contributed by atoms with van der Waals surface area (Å²) in [5, 5.41) is 2.91. The highest BCUT2D eigenvalue weighted by molar-refractivity contribution is 5.90. The standard InChI is InChI=1S/C17H20N2O2/c1-13(21-2)14-6-5-8-16(12-14)19-17(20)10-9-15-7-3-4-11-18-15/h3-8,11-13H,9-10H2,1-2H3,(H,19,20). The number of carbonyl (C=O) groups is 1. The van der Waals surface area contributed by atoms with Gasteiger partial charge in [0.1, 0.15) is 0 Å². The highest BCUT2D eigenvalue weighted by atomic mass is 16.5. The zero-order valence-corrected chi connectivity index (χ0v) is 12.4. The summed E-state index contributed by atoms with van der Waals surface area (Å²) in [4.78, 5) is 16.2. The van der Waals surface area contributed by atoms with Gasteiger partial charge in [-0.3, -0.25) is 9.78 Å². The number of aromatic nitrogens is 1. The van der Waals surface area contributed by atoms with Crippen LogP contribution < -0.4 is 5.32 Å². The largest absolute Gasteiger partial charge is 0.377 e. The Morgan fingerprint density at radius 1 is 1.29 bits per heavy atom. The maximum Gasteiger partial charge on any atom is 0.224 e. The Morgan fingerprint density at radius 2 is 2.14 bits per heavy atom. The Balaban J connectivity index is 1.90. The molecular weight excluding hydrogens is 264 g/mol. The second kappa shape index (κ2) is 7.55. The summed E-state index contributed by atoms with van der Waals surface area (Å²) in [5.41, 5.74) is 2.76. The minimum absolute atomic E-state index is 0.00960. The molecule has 1 atom stereocenters. The highest BCUT2D eigenvalue weighted by Crippen LogP contribution is 2.19. The van der Waals surface area contributed by atoms with Crippen molar-refractivity contribution >= 4 is 11.6 Å². The van der Waals surface area contributed by atoms with Crippen LogP contribution in [0, 0.1) is 0 Å². The van der Waals surface area contributed by atoms with E-state index in [0.717, 1.165) is 16.9 Å². The van der Waals surface area contributed by atoms with Crippen LogP contribution in [0.3, 0.4) is 0 Å². The van der Waals surface area contributed by atoms with E-state index in [2.05, 4.69) is 10.3 Å². The SMILES string of the molecule is COC(C)c1cccc(NC(=O)CCc2ccccn2)c1. The van der Waals surface area contributed by atoms with E-state index in [1.807, 2.05) is 49.4 Å². The molecule has 1 heterocycles. The lowest BCUT2D eigenvalue weighted by Crippen LogP contribution is -2.13. The minimum atomic E-state index is -0.0112. The lowest BCUT2D eigenvalue weighted by molar-refractivity contribution is -0.116. The minimum Gasteiger partial charge on any atom is -0.377 e. The van der Waals surface area contributed by atoms with Crippen molar-refractivity contribution in [3.8, 4) is 0 Å². The van der Waals surface area contributed by atoms with Crippen molar-refractivity contribution in [1.29, 1.82) is 0 Å². The quantitative estimate of drug-likeness (QED) is 0.885. The maximum atomic E-state index is 12.0. The number of aryl methyl sites for hydroxylation is 1. The first-order chi connectivity index (χ1) is 10.2. The first-order valence-electron chi connectivity index (χ1n) is 7.01. The van der Waals surface area contributed by atoms with Gasteiger partial charge in [-0.1, -0.05) is 18.2 Å². The lowest BCUT2D eigenvalue weighted by Gasteiger charge is -2.12. The molecule has 4 nitrogen and oxygen atoms in total. The fourth-order valence-electron chi connectivity index (χ4n) is 2.02. The van der Waals surface area contributed by atoms with Crippen molar-refractivity contribution < 1.29 is 9.53 Å². The lowest BCUT2D eigenvalue weighted by atomic mass is 10.1. The van der Waals surface area contributed by atoms with Crippen molar-refractivity contribution in [2.45, 2.75) is 25.9 Å². The number of benzene rings is 1. The third-order valence-corrected chi connectivity index (χ3v) is 3.33. The molecule has 2 rings (SSSR count). The summed E-state index contributed by atoms with van der Waals surface area (Å²) in [5.74, 6) is -0.0112. The average molecular weight is 284 g/mol. The number of carbonyl (C=O) groups excluding carboxylic acids is 1. The second-order valence-electron chi connectivity index (χ2n) is 4.87. The van der Waals surface area contributed by atoms with Gasteiger partial charge >= 0.3 is 0 Å². The molecule has 2 aromatic rings. The van der Waals surface area contributed by atoms with Gasteiger partial charge in [0, 0.05) is 31.1 Å². The molecule has 0 fully saturated rings. The monoisotopic (exact) mass is 284 g/mol. The first kappa shape index (κ1) is 15.2. The maximum absolute atomic E-state index is 12.0. The van der Waals surface area contributed by atoms with E-state index in [0.29, 0.717) is 12.8 Å². The number of amides is 1. The third-order valence-electron chi connectivity index (χ3n) is 3.33. The van der Waals surface area contributed by atoms with Crippen molar-refractivity contribution in [3.05, 3.63) is 59.9 Å². The number of hydrogen-bond donors (Lipinski definition) is 1. The molecule has 0 bridgehead atoms. The normalized spacial score (nSPS) is 11.9. The van der Waals surface area contributed by atoms with E-state index in [1.54, 1.807) is 13.3 Å². The zero-order chi connectivity index (χ0) is 15.1. The van der Waals surface area contributed by atoms with Crippen molar-refractivity contribution in [2.24, 2.45) is 0 Å². The number of pyridine rings is 1. The summed E-state index contributed by atoms with van der Waals surface area (Å²) in [6, 6.07) is 13.4. The van der Waals surface area contributed by atoms with Gasteiger partial charge in [-0.05, 0) is 43.2 Å². The van der Waals surface area contributed by atoms with Crippen LogP contribution in [-0.2, 0) is 16.0 Å². The van der Waals surface area contributed by atoms with Crippen LogP contribution in [0.25, 0.3) is 0 Å². The molecule has 4 heteroatoms. The van der Waals surface area contributed by atoms with Gasteiger partial charge in [-0.15, -0.1) is 0 Å². The van der Waals surface area contributed by atoms with Gasteiger partial charge in [0.25, 0.3) is 0 Å². The molecule has 1 unspecified atom stereocenters. The molecule has 1 aromatic heterocycles. The van der Waals surface area contributed by atoms with Crippen LogP contribution >= 0.6 is 0 Å². The Bertz CT molecular complexity index is 584. The van der Waals surface area contributed by atoms with E-state index in [4.69, 9.17) is 4.74 Å². The van der Waals surface area contributed by atoms with Crippen LogP contribution in [0.5, 0.6) is 0 Å². The molecule has 0 radical (unpaired) electrons. The smallest absolute Gasteiger partial charge is 0.224 e. The van der Waals surface area contributed by atoms with E-state index in [1.165, 1.54) is 0 Å². The van der Waals surface area contributed by atoms with Gasteiger partial charge < -0.3 is 10.1 Å². The topological polar surface area (TPSA) is 51.2 Å². The molecule has 0 spiro atoms.